The van der Waals surface area contributed by atoms with E-state index in [0.717, 1.165) is 11.6 Å². The van der Waals surface area contributed by atoms with Crippen molar-refractivity contribution in [3.8, 4) is 0 Å². The lowest BCUT2D eigenvalue weighted by molar-refractivity contribution is -0.137. The Kier molecular flexibility index (Phi) is 3.84. The smallest absolute Gasteiger partial charge is 0.380 e. The van der Waals surface area contributed by atoms with Crippen molar-refractivity contribution in [2.45, 2.75) is 12.7 Å². The molecule has 0 spiro atoms. The molecule has 1 aromatic heterocycles. The highest BCUT2D eigenvalue weighted by Gasteiger charge is 2.33. The topological polar surface area (TPSA) is 29.9 Å². The molecular weight excluding hydrogens is 323 g/mol. The van der Waals surface area contributed by atoms with Gasteiger partial charge < -0.3 is 5.32 Å². The Morgan fingerprint density at radius 2 is 2.11 bits per heavy atom. The third kappa shape index (κ3) is 3.50. The second-order valence-electron chi connectivity index (χ2n) is 4.06. The summed E-state index contributed by atoms with van der Waals surface area (Å²) in [5, 5.41) is 6.74. The van der Waals surface area contributed by atoms with Gasteiger partial charge >= 0.3 is 6.18 Å². The Bertz CT molecular complexity index is 578. The van der Waals surface area contributed by atoms with Crippen LogP contribution in [0.2, 0.25) is 0 Å². The summed E-state index contributed by atoms with van der Waals surface area (Å²) in [6.07, 6.45) is -1.03. The van der Waals surface area contributed by atoms with E-state index >= 15 is 0 Å². The fourth-order valence-corrected chi connectivity index (χ4v) is 2.03. The Labute approximate surface area is 116 Å². The third-order valence-electron chi connectivity index (χ3n) is 2.53. The van der Waals surface area contributed by atoms with Gasteiger partial charge in [0.15, 0.2) is 0 Å². The maximum atomic E-state index is 12.9. The second kappa shape index (κ2) is 5.24. The number of aryl methyl sites for hydroxylation is 1. The molecule has 0 amide bonds. The van der Waals surface area contributed by atoms with Gasteiger partial charge in [-0.2, -0.15) is 18.3 Å². The van der Waals surface area contributed by atoms with Gasteiger partial charge in [0.05, 0.1) is 11.8 Å². The molecule has 0 aliphatic rings. The minimum absolute atomic E-state index is 0.0551. The molecule has 0 aliphatic heterocycles. The fourth-order valence-electron chi connectivity index (χ4n) is 1.67. The first-order chi connectivity index (χ1) is 8.86. The van der Waals surface area contributed by atoms with Crippen LogP contribution in [0.15, 0.2) is 35.1 Å². The van der Waals surface area contributed by atoms with E-state index in [1.54, 1.807) is 30.2 Å². The summed E-state index contributed by atoms with van der Waals surface area (Å²) in [5.74, 6) is 0. The second-order valence-corrected chi connectivity index (χ2v) is 4.98. The fraction of sp³-hybridized carbons (Fsp3) is 0.250. The van der Waals surface area contributed by atoms with Gasteiger partial charge in [0, 0.05) is 35.5 Å². The molecule has 3 nitrogen and oxygen atoms in total. The lowest BCUT2D eigenvalue weighted by atomic mass is 10.1. The molecule has 0 radical (unpaired) electrons. The maximum absolute atomic E-state index is 12.9. The minimum atomic E-state index is -4.39. The summed E-state index contributed by atoms with van der Waals surface area (Å²) < 4.78 is 40.6. The van der Waals surface area contributed by atoms with Crippen LogP contribution in [0.3, 0.4) is 0 Å². The maximum Gasteiger partial charge on any atom is 0.418 e. The number of rotatable bonds is 3. The number of nitrogens with one attached hydrogen (secondary N) is 1. The van der Waals surface area contributed by atoms with E-state index < -0.39 is 11.7 Å². The van der Waals surface area contributed by atoms with Crippen molar-refractivity contribution in [2.24, 2.45) is 7.05 Å². The lowest BCUT2D eigenvalue weighted by Gasteiger charge is -2.14. The van der Waals surface area contributed by atoms with Crippen LogP contribution in [0.25, 0.3) is 0 Å². The monoisotopic (exact) mass is 333 g/mol. The van der Waals surface area contributed by atoms with Gasteiger partial charge in [-0.05, 0) is 18.2 Å². The van der Waals surface area contributed by atoms with Gasteiger partial charge in [-0.3, -0.25) is 4.68 Å². The van der Waals surface area contributed by atoms with E-state index in [2.05, 4.69) is 26.3 Å². The van der Waals surface area contributed by atoms with Gasteiger partial charge in [-0.25, -0.2) is 0 Å². The molecule has 0 saturated heterocycles. The molecule has 1 aromatic carbocycles. The van der Waals surface area contributed by atoms with E-state index in [1.807, 2.05) is 0 Å². The zero-order valence-electron chi connectivity index (χ0n) is 10.0. The third-order valence-corrected chi connectivity index (χ3v) is 3.02. The summed E-state index contributed by atoms with van der Waals surface area (Å²) in [7, 11) is 1.75. The molecule has 0 fully saturated rings. The number of anilines is 1. The molecule has 0 atom stereocenters. The van der Waals surface area contributed by atoms with Crippen LogP contribution in [-0.2, 0) is 19.8 Å². The normalized spacial score (nSPS) is 11.6. The lowest BCUT2D eigenvalue weighted by Crippen LogP contribution is -2.10. The summed E-state index contributed by atoms with van der Waals surface area (Å²) >= 11 is 3.05. The van der Waals surface area contributed by atoms with Crippen LogP contribution in [-0.4, -0.2) is 9.78 Å². The Morgan fingerprint density at radius 3 is 2.68 bits per heavy atom. The first-order valence-corrected chi connectivity index (χ1v) is 6.24. The summed E-state index contributed by atoms with van der Waals surface area (Å²) in [6, 6.07) is 4.04. The quantitative estimate of drug-likeness (QED) is 0.925. The van der Waals surface area contributed by atoms with E-state index in [-0.39, 0.29) is 5.69 Å². The minimum Gasteiger partial charge on any atom is -0.380 e. The molecule has 19 heavy (non-hydrogen) atoms. The van der Waals surface area contributed by atoms with Crippen molar-refractivity contribution in [2.75, 3.05) is 5.32 Å². The Hall–Kier alpha value is -1.50. The van der Waals surface area contributed by atoms with Gasteiger partial charge in [-0.15, -0.1) is 0 Å². The molecule has 102 valence electrons. The van der Waals surface area contributed by atoms with E-state index in [0.29, 0.717) is 11.0 Å². The van der Waals surface area contributed by atoms with Crippen LogP contribution in [0, 0.1) is 0 Å². The van der Waals surface area contributed by atoms with Crippen LogP contribution >= 0.6 is 15.9 Å². The molecular formula is C12H11BrF3N3. The predicted octanol–water partition coefficient (Wildman–Crippen LogP) is 3.81. The molecule has 2 rings (SSSR count). The Morgan fingerprint density at radius 1 is 1.37 bits per heavy atom. The van der Waals surface area contributed by atoms with Crippen LogP contribution < -0.4 is 5.32 Å². The molecule has 0 unspecified atom stereocenters. The average Bonchev–Trinajstić information content (AvgIpc) is 2.72. The molecule has 1 N–H and O–H groups in total. The van der Waals surface area contributed by atoms with Crippen molar-refractivity contribution in [3.05, 3.63) is 46.2 Å². The number of halogens is 4. The highest BCUT2D eigenvalue weighted by molar-refractivity contribution is 9.10. The zero-order chi connectivity index (χ0) is 14.0. The molecule has 0 saturated carbocycles. The van der Waals surface area contributed by atoms with Crippen molar-refractivity contribution in [3.63, 3.8) is 0 Å². The molecule has 0 bridgehead atoms. The number of hydrogen-bond donors (Lipinski definition) is 1. The zero-order valence-corrected chi connectivity index (χ0v) is 11.6. The summed E-state index contributed by atoms with van der Waals surface area (Å²) in [4.78, 5) is 0. The standard InChI is InChI=1S/C12H11BrF3N3/c1-19-7-8(6-18-19)5-17-11-3-2-9(13)4-10(11)12(14,15)16/h2-4,6-7,17H,5H2,1H3. The molecule has 7 heteroatoms. The Balaban J connectivity index is 2.20. The SMILES string of the molecule is Cn1cc(CNc2ccc(Br)cc2C(F)(F)F)cn1. The predicted molar refractivity (Wildman–Crippen MR) is 69.7 cm³/mol. The molecule has 2 aromatic rings. The number of alkyl halides is 3. The highest BCUT2D eigenvalue weighted by Crippen LogP contribution is 2.36. The van der Waals surface area contributed by atoms with Crippen LogP contribution in [0.4, 0.5) is 18.9 Å². The van der Waals surface area contributed by atoms with Crippen molar-refractivity contribution in [1.29, 1.82) is 0 Å². The van der Waals surface area contributed by atoms with Crippen LogP contribution in [0.5, 0.6) is 0 Å². The van der Waals surface area contributed by atoms with E-state index in [4.69, 9.17) is 0 Å². The number of benzene rings is 1. The molecule has 1 heterocycles. The van der Waals surface area contributed by atoms with Gasteiger partial charge in [0.25, 0.3) is 0 Å². The van der Waals surface area contributed by atoms with Gasteiger partial charge in [0.2, 0.25) is 0 Å². The van der Waals surface area contributed by atoms with Gasteiger partial charge in [0.1, 0.15) is 0 Å². The first-order valence-electron chi connectivity index (χ1n) is 5.44. The number of hydrogen-bond acceptors (Lipinski definition) is 2. The van der Waals surface area contributed by atoms with E-state index in [9.17, 15) is 13.2 Å². The summed E-state index contributed by atoms with van der Waals surface area (Å²) in [6.45, 7) is 0.290. The average molecular weight is 334 g/mol. The largest absolute Gasteiger partial charge is 0.418 e. The summed E-state index contributed by atoms with van der Waals surface area (Å²) in [5.41, 5.74) is 0.184. The van der Waals surface area contributed by atoms with Crippen molar-refractivity contribution in [1.82, 2.24) is 9.78 Å². The molecule has 0 aliphatic carbocycles. The highest BCUT2D eigenvalue weighted by atomic mass is 79.9. The van der Waals surface area contributed by atoms with E-state index in [1.165, 1.54) is 6.07 Å². The van der Waals surface area contributed by atoms with Gasteiger partial charge in [-0.1, -0.05) is 15.9 Å². The van der Waals surface area contributed by atoms with Crippen LogP contribution in [0.1, 0.15) is 11.1 Å². The number of nitrogens with zero attached hydrogens (tertiary/aromatic N) is 2. The first kappa shape index (κ1) is 13.9. The van der Waals surface area contributed by atoms with Crippen molar-refractivity contribution < 1.29 is 13.2 Å². The van der Waals surface area contributed by atoms with Crippen molar-refractivity contribution >= 4 is 21.6 Å². The number of aromatic nitrogens is 2.